The van der Waals surface area contributed by atoms with Gasteiger partial charge in [-0.25, -0.2) is 10.7 Å². The number of rotatable bonds is 4. The molecule has 1 aliphatic rings. The number of hydrogen-bond acceptors (Lipinski definition) is 4. The summed E-state index contributed by atoms with van der Waals surface area (Å²) in [7, 11) is 1.33. The van der Waals surface area contributed by atoms with Crippen LogP contribution in [0.2, 0.25) is 0 Å². The molecule has 1 unspecified atom stereocenters. The summed E-state index contributed by atoms with van der Waals surface area (Å²) in [4.78, 5) is 15.4. The van der Waals surface area contributed by atoms with Crippen LogP contribution in [0, 0.1) is 5.92 Å². The third-order valence-electron chi connectivity index (χ3n) is 1.87. The van der Waals surface area contributed by atoms with Crippen molar-refractivity contribution < 1.29 is 14.4 Å². The topological polar surface area (TPSA) is 61.5 Å². The maximum Gasteiger partial charge on any atom is 0.337 e. The Bertz CT molecular complexity index is 145. The molecule has 0 aromatic heterocycles. The van der Waals surface area contributed by atoms with Crippen LogP contribution in [-0.4, -0.2) is 19.2 Å². The highest BCUT2D eigenvalue weighted by Crippen LogP contribution is 2.34. The number of carbonyl (C=O) groups is 1. The second-order valence-corrected chi connectivity index (χ2v) is 2.83. The minimum absolute atomic E-state index is 0.376. The van der Waals surface area contributed by atoms with Gasteiger partial charge in [-0.3, -0.25) is 4.84 Å². The fourth-order valence-electron chi connectivity index (χ4n) is 0.995. The van der Waals surface area contributed by atoms with Crippen LogP contribution in [0.1, 0.15) is 19.3 Å². The number of methoxy groups -OCH3 is 1. The van der Waals surface area contributed by atoms with Gasteiger partial charge in [-0.15, -0.1) is 0 Å². The second kappa shape index (κ2) is 3.69. The summed E-state index contributed by atoms with van der Waals surface area (Å²) in [5.41, 5.74) is 0. The van der Waals surface area contributed by atoms with Crippen molar-refractivity contribution in [3.63, 3.8) is 0 Å². The molecule has 64 valence electrons. The second-order valence-electron chi connectivity index (χ2n) is 2.83. The molecule has 1 atom stereocenters. The van der Waals surface area contributed by atoms with E-state index < -0.39 is 6.10 Å². The molecular weight excluding hydrogens is 146 g/mol. The molecule has 1 aliphatic carbocycles. The monoisotopic (exact) mass is 159 g/mol. The van der Waals surface area contributed by atoms with Crippen LogP contribution in [0.3, 0.4) is 0 Å². The number of ether oxygens (including phenoxy) is 1. The maximum absolute atomic E-state index is 10.9. The lowest BCUT2D eigenvalue weighted by atomic mass is 10.2. The van der Waals surface area contributed by atoms with Crippen LogP contribution in [0.15, 0.2) is 0 Å². The Morgan fingerprint density at radius 1 is 1.73 bits per heavy atom. The lowest BCUT2D eigenvalue weighted by Crippen LogP contribution is -2.28. The molecule has 0 aliphatic heterocycles. The van der Waals surface area contributed by atoms with Gasteiger partial charge in [-0.05, 0) is 12.3 Å². The van der Waals surface area contributed by atoms with Gasteiger partial charge in [0, 0.05) is 0 Å². The average Bonchev–Trinajstić information content (AvgIpc) is 2.82. The van der Waals surface area contributed by atoms with Gasteiger partial charge in [0.25, 0.3) is 0 Å². The van der Waals surface area contributed by atoms with E-state index in [0.717, 1.165) is 0 Å². The van der Waals surface area contributed by atoms with Crippen LogP contribution in [0.4, 0.5) is 0 Å². The quantitative estimate of drug-likeness (QED) is 0.470. The first-order chi connectivity index (χ1) is 5.27. The molecule has 0 bridgehead atoms. The highest BCUT2D eigenvalue weighted by Gasteiger charge is 2.30. The van der Waals surface area contributed by atoms with Crippen LogP contribution in [0.5, 0.6) is 0 Å². The van der Waals surface area contributed by atoms with Crippen LogP contribution >= 0.6 is 0 Å². The largest absolute Gasteiger partial charge is 0.467 e. The number of esters is 1. The lowest BCUT2D eigenvalue weighted by molar-refractivity contribution is -0.155. The minimum atomic E-state index is -0.563. The molecule has 0 radical (unpaired) electrons. The fraction of sp³-hybridized carbons (Fsp3) is 0.857. The van der Waals surface area contributed by atoms with Crippen LogP contribution in [-0.2, 0) is 14.4 Å². The zero-order chi connectivity index (χ0) is 8.27. The Balaban J connectivity index is 2.27. The molecule has 1 rings (SSSR count). The summed E-state index contributed by atoms with van der Waals surface area (Å²) in [6, 6.07) is 0. The highest BCUT2D eigenvalue weighted by atomic mass is 16.6. The van der Waals surface area contributed by atoms with Gasteiger partial charge in [0.1, 0.15) is 0 Å². The minimum Gasteiger partial charge on any atom is -0.467 e. The number of carbonyl (C=O) groups excluding carboxylic acids is 1. The predicted molar refractivity (Wildman–Crippen MR) is 38.4 cm³/mol. The smallest absolute Gasteiger partial charge is 0.337 e. The molecule has 4 nitrogen and oxygen atoms in total. The Morgan fingerprint density at radius 2 is 2.36 bits per heavy atom. The Morgan fingerprint density at radius 3 is 2.73 bits per heavy atom. The fourth-order valence-corrected chi connectivity index (χ4v) is 0.995. The van der Waals surface area contributed by atoms with Gasteiger partial charge < -0.3 is 4.74 Å². The molecule has 11 heavy (non-hydrogen) atoms. The summed E-state index contributed by atoms with van der Waals surface area (Å²) in [6.45, 7) is 0. The van der Waals surface area contributed by atoms with Crippen molar-refractivity contribution in [1.29, 1.82) is 0 Å². The molecule has 0 heterocycles. The SMILES string of the molecule is COC(=O)C(CC1CC1)ON. The first-order valence-corrected chi connectivity index (χ1v) is 3.71. The summed E-state index contributed by atoms with van der Waals surface area (Å²) >= 11 is 0. The van der Waals surface area contributed by atoms with Crippen molar-refractivity contribution in [2.24, 2.45) is 11.8 Å². The molecule has 2 N–H and O–H groups in total. The molecule has 0 amide bonds. The van der Waals surface area contributed by atoms with Gasteiger partial charge in [-0.2, -0.15) is 0 Å². The van der Waals surface area contributed by atoms with E-state index in [1.54, 1.807) is 0 Å². The lowest BCUT2D eigenvalue weighted by Gasteiger charge is -2.10. The molecule has 1 fully saturated rings. The Kier molecular flexibility index (Phi) is 2.84. The zero-order valence-corrected chi connectivity index (χ0v) is 6.58. The first-order valence-electron chi connectivity index (χ1n) is 3.71. The van der Waals surface area contributed by atoms with Gasteiger partial charge in [0.2, 0.25) is 0 Å². The standard InChI is InChI=1S/C7H13NO3/c1-10-7(9)6(11-8)4-5-2-3-5/h5-6H,2-4,8H2,1H3. The Hall–Kier alpha value is -0.610. The average molecular weight is 159 g/mol. The maximum atomic E-state index is 10.9. The van der Waals surface area contributed by atoms with E-state index in [9.17, 15) is 4.79 Å². The van der Waals surface area contributed by atoms with Gasteiger partial charge >= 0.3 is 5.97 Å². The van der Waals surface area contributed by atoms with Crippen molar-refractivity contribution in [2.75, 3.05) is 7.11 Å². The normalized spacial score (nSPS) is 19.5. The van der Waals surface area contributed by atoms with Gasteiger partial charge in [0.05, 0.1) is 7.11 Å². The van der Waals surface area contributed by atoms with Crippen LogP contribution < -0.4 is 5.90 Å². The summed E-state index contributed by atoms with van der Waals surface area (Å²) in [5, 5.41) is 0. The molecule has 4 heteroatoms. The van der Waals surface area contributed by atoms with Crippen molar-refractivity contribution in [3.05, 3.63) is 0 Å². The molecule has 0 spiro atoms. The third kappa shape index (κ3) is 2.48. The van der Waals surface area contributed by atoms with E-state index in [2.05, 4.69) is 9.57 Å². The van der Waals surface area contributed by atoms with Crippen molar-refractivity contribution >= 4 is 5.97 Å². The summed E-state index contributed by atoms with van der Waals surface area (Å²) < 4.78 is 4.49. The Labute approximate surface area is 65.6 Å². The number of nitrogens with two attached hydrogens (primary N) is 1. The molecule has 0 aromatic carbocycles. The zero-order valence-electron chi connectivity index (χ0n) is 6.58. The van der Waals surface area contributed by atoms with E-state index in [1.807, 2.05) is 0 Å². The van der Waals surface area contributed by atoms with Crippen molar-refractivity contribution in [2.45, 2.75) is 25.4 Å². The molecular formula is C7H13NO3. The summed E-state index contributed by atoms with van der Waals surface area (Å²) in [6.07, 6.45) is 2.49. The van der Waals surface area contributed by atoms with E-state index >= 15 is 0 Å². The van der Waals surface area contributed by atoms with Crippen molar-refractivity contribution in [1.82, 2.24) is 0 Å². The van der Waals surface area contributed by atoms with E-state index in [1.165, 1.54) is 20.0 Å². The molecule has 1 saturated carbocycles. The molecule has 0 aromatic rings. The first kappa shape index (κ1) is 8.49. The van der Waals surface area contributed by atoms with Crippen molar-refractivity contribution in [3.8, 4) is 0 Å². The van der Waals surface area contributed by atoms with Gasteiger partial charge in [-0.1, -0.05) is 12.8 Å². The van der Waals surface area contributed by atoms with Crippen LogP contribution in [0.25, 0.3) is 0 Å². The van der Waals surface area contributed by atoms with E-state index in [-0.39, 0.29) is 5.97 Å². The third-order valence-corrected chi connectivity index (χ3v) is 1.87. The summed E-state index contributed by atoms with van der Waals surface area (Å²) in [5.74, 6) is 5.16. The van der Waals surface area contributed by atoms with E-state index in [0.29, 0.717) is 12.3 Å². The highest BCUT2D eigenvalue weighted by molar-refractivity contribution is 5.74. The number of hydrogen-bond donors (Lipinski definition) is 1. The molecule has 0 saturated heterocycles. The van der Waals surface area contributed by atoms with E-state index in [4.69, 9.17) is 5.90 Å². The predicted octanol–water partition coefficient (Wildman–Crippen LogP) is 0.218. The van der Waals surface area contributed by atoms with Gasteiger partial charge in [0.15, 0.2) is 6.10 Å².